The fourth-order valence-corrected chi connectivity index (χ4v) is 3.00. The Hall–Kier alpha value is -1.15. The molecule has 1 heterocycles. The van der Waals surface area contributed by atoms with Crippen LogP contribution >= 0.6 is 34.8 Å². The predicted octanol–water partition coefficient (Wildman–Crippen LogP) is 0.0361. The first kappa shape index (κ1) is 19.2. The summed E-state index contributed by atoms with van der Waals surface area (Å²) in [6, 6.07) is 11.1. The molecule has 1 unspecified atom stereocenters. The van der Waals surface area contributed by atoms with E-state index >= 15 is 0 Å². The summed E-state index contributed by atoms with van der Waals surface area (Å²) in [6.07, 6.45) is 0. The molecule has 0 saturated carbocycles. The fourth-order valence-electron chi connectivity index (χ4n) is 2.38. The van der Waals surface area contributed by atoms with Gasteiger partial charge in [0.25, 0.3) is 0 Å². The molecule has 8 heteroatoms. The number of hydrogen-bond acceptors (Lipinski definition) is 4. The van der Waals surface area contributed by atoms with Gasteiger partial charge < -0.3 is 14.8 Å². The van der Waals surface area contributed by atoms with Gasteiger partial charge in [0.1, 0.15) is 11.9 Å². The first-order chi connectivity index (χ1) is 11.0. The van der Waals surface area contributed by atoms with Gasteiger partial charge in [-0.1, -0.05) is 34.8 Å². The van der Waals surface area contributed by atoms with Gasteiger partial charge in [0.05, 0.1) is 17.5 Å². The number of carboxylic acids is 1. The Kier molecular flexibility index (Phi) is 6.25. The van der Waals surface area contributed by atoms with Crippen molar-refractivity contribution in [3.8, 4) is 0 Å². The van der Waals surface area contributed by atoms with Crippen LogP contribution in [-0.4, -0.2) is 24.4 Å². The van der Waals surface area contributed by atoms with E-state index in [1.54, 1.807) is 47.4 Å². The summed E-state index contributed by atoms with van der Waals surface area (Å²) in [5.74, 6) is -0.771. The molecule has 0 spiro atoms. The van der Waals surface area contributed by atoms with E-state index in [4.69, 9.17) is 34.8 Å². The number of carbonyl (C=O) groups is 1. The van der Waals surface area contributed by atoms with Crippen LogP contribution in [0.3, 0.4) is 0 Å². The maximum Gasteiger partial charge on any atom is 1.00 e. The Bertz CT molecular complexity index is 796. The number of nitrogens with zero attached hydrogens (tertiary/aromatic N) is 2. The number of benzene rings is 2. The van der Waals surface area contributed by atoms with Crippen LogP contribution in [0.5, 0.6) is 0 Å². The van der Waals surface area contributed by atoms with E-state index in [-0.39, 0.29) is 25.4 Å². The van der Waals surface area contributed by atoms with Gasteiger partial charge in [-0.25, -0.2) is 0 Å². The van der Waals surface area contributed by atoms with E-state index in [9.17, 15) is 9.90 Å². The zero-order chi connectivity index (χ0) is 16.6. The average Bonchev–Trinajstić information content (AvgIpc) is 2.93. The van der Waals surface area contributed by atoms with Crippen molar-refractivity contribution in [1.29, 1.82) is 0 Å². The topological polar surface area (TPSA) is 55.7 Å². The van der Waals surface area contributed by atoms with Crippen LogP contribution in [0.4, 0.5) is 5.69 Å². The molecule has 1 aliphatic heterocycles. The molecule has 0 saturated heterocycles. The second kappa shape index (κ2) is 7.82. The molecule has 1 atom stereocenters. The number of aliphatic imine (C=N–C) groups is 1. The monoisotopic (exact) mass is 374 g/mol. The molecule has 3 rings (SSSR count). The Labute approximate surface area is 166 Å². The molecule has 4 nitrogen and oxygen atoms in total. The Morgan fingerprint density at radius 3 is 2.29 bits per heavy atom. The molecule has 0 fully saturated rings. The van der Waals surface area contributed by atoms with Crippen molar-refractivity contribution in [3.05, 3.63) is 63.1 Å². The number of amidine groups is 1. The standard InChI is InChI=1S/C16H11Cl3N2O2.Li/c17-9-1-4-11(5-2-9)21-8-14(16(22)23)20-15(21)12-6-3-10(18)7-13(12)19;/h1-7,14H,8H2,(H,22,23);/q;+1/p-1. The van der Waals surface area contributed by atoms with Crippen LogP contribution in [0.25, 0.3) is 0 Å². The Morgan fingerprint density at radius 1 is 1.08 bits per heavy atom. The number of anilines is 1. The van der Waals surface area contributed by atoms with E-state index < -0.39 is 12.0 Å². The summed E-state index contributed by atoms with van der Waals surface area (Å²) in [7, 11) is 0. The molecule has 1 aliphatic rings. The van der Waals surface area contributed by atoms with Gasteiger partial charge in [-0.15, -0.1) is 0 Å². The van der Waals surface area contributed by atoms with Crippen LogP contribution < -0.4 is 28.9 Å². The van der Waals surface area contributed by atoms with Crippen molar-refractivity contribution in [2.24, 2.45) is 4.99 Å². The summed E-state index contributed by atoms with van der Waals surface area (Å²) >= 11 is 18.1. The number of hydrogen-bond donors (Lipinski definition) is 0. The van der Waals surface area contributed by atoms with Crippen molar-refractivity contribution >= 4 is 52.3 Å². The molecular weight excluding hydrogens is 365 g/mol. The summed E-state index contributed by atoms with van der Waals surface area (Å²) in [5.41, 5.74) is 1.37. The van der Waals surface area contributed by atoms with Crippen LogP contribution in [0, 0.1) is 0 Å². The van der Waals surface area contributed by atoms with E-state index in [0.717, 1.165) is 5.69 Å². The van der Waals surface area contributed by atoms with Crippen molar-refractivity contribution in [3.63, 3.8) is 0 Å². The van der Waals surface area contributed by atoms with Gasteiger partial charge in [0, 0.05) is 21.3 Å². The normalized spacial score (nSPS) is 16.5. The second-order valence-corrected chi connectivity index (χ2v) is 6.28. The molecule has 0 aromatic heterocycles. The number of rotatable bonds is 3. The quantitative estimate of drug-likeness (QED) is 0.712. The molecule has 0 N–H and O–H groups in total. The van der Waals surface area contributed by atoms with E-state index in [1.807, 2.05) is 0 Å². The third kappa shape index (κ3) is 3.91. The number of carboxylic acid groups (broad SMARTS) is 1. The van der Waals surface area contributed by atoms with Crippen LogP contribution in [0.1, 0.15) is 5.56 Å². The predicted molar refractivity (Wildman–Crippen MR) is 90.6 cm³/mol. The van der Waals surface area contributed by atoms with E-state index in [1.165, 1.54) is 0 Å². The number of aliphatic carboxylic acids is 1. The zero-order valence-electron chi connectivity index (χ0n) is 12.7. The van der Waals surface area contributed by atoms with Gasteiger partial charge in [-0.2, -0.15) is 0 Å². The Balaban J connectivity index is 0.00000208. The number of halogens is 3. The van der Waals surface area contributed by atoms with Crippen molar-refractivity contribution in [1.82, 2.24) is 0 Å². The molecule has 0 aliphatic carbocycles. The van der Waals surface area contributed by atoms with Crippen molar-refractivity contribution < 1.29 is 28.8 Å². The SMILES string of the molecule is O=C([O-])C1CN(c2ccc(Cl)cc2)C(c2ccc(Cl)cc2Cl)=N1.[Li+]. The first-order valence-corrected chi connectivity index (χ1v) is 7.86. The van der Waals surface area contributed by atoms with E-state index in [0.29, 0.717) is 26.5 Å². The van der Waals surface area contributed by atoms with Crippen LogP contribution in [0.2, 0.25) is 15.1 Å². The van der Waals surface area contributed by atoms with Gasteiger partial charge in [0.15, 0.2) is 0 Å². The maximum atomic E-state index is 11.2. The summed E-state index contributed by atoms with van der Waals surface area (Å²) < 4.78 is 0. The van der Waals surface area contributed by atoms with Crippen LogP contribution in [0.15, 0.2) is 47.5 Å². The van der Waals surface area contributed by atoms with Gasteiger partial charge in [0.2, 0.25) is 0 Å². The summed E-state index contributed by atoms with van der Waals surface area (Å²) in [4.78, 5) is 17.2. The maximum absolute atomic E-state index is 11.2. The van der Waals surface area contributed by atoms with Crippen molar-refractivity contribution in [2.45, 2.75) is 6.04 Å². The van der Waals surface area contributed by atoms with Gasteiger partial charge in [-0.3, -0.25) is 4.99 Å². The van der Waals surface area contributed by atoms with Crippen LogP contribution in [-0.2, 0) is 4.79 Å². The van der Waals surface area contributed by atoms with E-state index in [2.05, 4.69) is 4.99 Å². The minimum absolute atomic E-state index is 0. The summed E-state index contributed by atoms with van der Waals surface area (Å²) in [5, 5.41) is 12.7. The Morgan fingerprint density at radius 2 is 1.71 bits per heavy atom. The fraction of sp³-hybridized carbons (Fsp3) is 0.125. The smallest absolute Gasteiger partial charge is 0.548 e. The van der Waals surface area contributed by atoms with Gasteiger partial charge >= 0.3 is 18.9 Å². The second-order valence-electron chi connectivity index (χ2n) is 5.00. The minimum Gasteiger partial charge on any atom is -0.548 e. The van der Waals surface area contributed by atoms with Crippen molar-refractivity contribution in [2.75, 3.05) is 11.4 Å². The third-order valence-corrected chi connectivity index (χ3v) is 4.27. The minimum atomic E-state index is -1.23. The summed E-state index contributed by atoms with van der Waals surface area (Å²) in [6.45, 7) is 0.165. The molecule has 0 bridgehead atoms. The molecule has 24 heavy (non-hydrogen) atoms. The molecule has 0 radical (unpaired) electrons. The molecular formula is C16H10Cl3LiN2O2. The number of carbonyl (C=O) groups excluding carboxylic acids is 1. The largest absolute Gasteiger partial charge is 1.00 e. The first-order valence-electron chi connectivity index (χ1n) is 6.73. The molecule has 2 aromatic carbocycles. The zero-order valence-corrected chi connectivity index (χ0v) is 14.9. The average molecular weight is 376 g/mol. The molecule has 118 valence electrons. The molecule has 2 aromatic rings. The molecule has 0 amide bonds. The third-order valence-electron chi connectivity index (χ3n) is 3.47. The van der Waals surface area contributed by atoms with Gasteiger partial charge in [-0.05, 0) is 42.5 Å².